The van der Waals surface area contributed by atoms with Gasteiger partial charge >= 0.3 is 0 Å². The van der Waals surface area contributed by atoms with E-state index in [1.165, 1.54) is 16.8 Å². The van der Waals surface area contributed by atoms with Crippen molar-refractivity contribution in [2.75, 3.05) is 29.4 Å². The Kier molecular flexibility index (Phi) is 5.02. The Bertz CT molecular complexity index is 680. The average molecular weight is 328 g/mol. The molecule has 1 aromatic heterocycles. The van der Waals surface area contributed by atoms with Gasteiger partial charge in [-0.3, -0.25) is 0 Å². The lowest BCUT2D eigenvalue weighted by molar-refractivity contribution is 0.502. The number of tetrazole rings is 1. The fourth-order valence-corrected chi connectivity index (χ4v) is 3.39. The average Bonchev–Trinajstić information content (AvgIpc) is 3.03. The summed E-state index contributed by atoms with van der Waals surface area (Å²) in [5.41, 5.74) is 4.01. The van der Waals surface area contributed by atoms with Gasteiger partial charge in [-0.05, 0) is 54.8 Å². The lowest BCUT2D eigenvalue weighted by atomic mass is 10.1. The predicted octanol–water partition coefficient (Wildman–Crippen LogP) is 2.81. The number of nitrogens with zero attached hydrogens (tertiary/aromatic N) is 6. The molecule has 2 heterocycles. The summed E-state index contributed by atoms with van der Waals surface area (Å²) in [6.07, 6.45) is 2.25. The van der Waals surface area contributed by atoms with Crippen molar-refractivity contribution in [2.24, 2.45) is 0 Å². The number of anilines is 2. The normalized spacial score (nSPS) is 18.2. The topological polar surface area (TPSA) is 50.1 Å². The van der Waals surface area contributed by atoms with Crippen molar-refractivity contribution in [3.63, 3.8) is 0 Å². The van der Waals surface area contributed by atoms with Gasteiger partial charge in [0.2, 0.25) is 5.95 Å². The van der Waals surface area contributed by atoms with Crippen LogP contribution in [0.15, 0.2) is 18.2 Å². The Morgan fingerprint density at radius 1 is 1.21 bits per heavy atom. The predicted molar refractivity (Wildman–Crippen MR) is 97.7 cm³/mol. The molecule has 0 saturated carbocycles. The van der Waals surface area contributed by atoms with Crippen LogP contribution < -0.4 is 9.80 Å². The van der Waals surface area contributed by atoms with Gasteiger partial charge in [0.05, 0.1) is 0 Å². The molecule has 6 heteroatoms. The van der Waals surface area contributed by atoms with Crippen LogP contribution in [0.1, 0.15) is 37.8 Å². The molecule has 24 heavy (non-hydrogen) atoms. The van der Waals surface area contributed by atoms with E-state index in [2.05, 4.69) is 71.2 Å². The second kappa shape index (κ2) is 7.20. The third kappa shape index (κ3) is 3.37. The molecule has 1 atom stereocenters. The summed E-state index contributed by atoms with van der Waals surface area (Å²) in [6, 6.07) is 7.07. The zero-order valence-corrected chi connectivity index (χ0v) is 15.2. The smallest absolute Gasteiger partial charge is 0.245 e. The number of benzene rings is 1. The van der Waals surface area contributed by atoms with Crippen LogP contribution in [0, 0.1) is 13.8 Å². The Morgan fingerprint density at radius 3 is 2.79 bits per heavy atom. The monoisotopic (exact) mass is 328 g/mol. The van der Waals surface area contributed by atoms with Crippen LogP contribution in [0.2, 0.25) is 0 Å². The van der Waals surface area contributed by atoms with Crippen LogP contribution in [0.4, 0.5) is 11.6 Å². The minimum absolute atomic E-state index is 0.380. The second-order valence-electron chi connectivity index (χ2n) is 6.83. The van der Waals surface area contributed by atoms with Crippen LogP contribution in [-0.2, 0) is 6.54 Å². The number of aromatic nitrogens is 4. The van der Waals surface area contributed by atoms with Gasteiger partial charge in [-0.15, -0.1) is 0 Å². The fourth-order valence-electron chi connectivity index (χ4n) is 3.39. The van der Waals surface area contributed by atoms with Crippen molar-refractivity contribution >= 4 is 11.6 Å². The highest BCUT2D eigenvalue weighted by atomic mass is 15.6. The van der Waals surface area contributed by atoms with Crippen molar-refractivity contribution < 1.29 is 0 Å². The van der Waals surface area contributed by atoms with Crippen LogP contribution in [0.3, 0.4) is 0 Å². The summed E-state index contributed by atoms with van der Waals surface area (Å²) in [7, 11) is 0. The highest BCUT2D eigenvalue weighted by molar-refractivity contribution is 5.56. The summed E-state index contributed by atoms with van der Waals surface area (Å²) in [4.78, 5) is 4.83. The summed E-state index contributed by atoms with van der Waals surface area (Å²) in [6.45, 7) is 12.6. The third-order valence-electron chi connectivity index (χ3n) is 4.83. The number of hydrogen-bond acceptors (Lipinski definition) is 5. The van der Waals surface area contributed by atoms with Gasteiger partial charge in [0, 0.05) is 37.9 Å². The highest BCUT2D eigenvalue weighted by Crippen LogP contribution is 2.26. The molecule has 130 valence electrons. The first kappa shape index (κ1) is 16.7. The first-order valence-electron chi connectivity index (χ1n) is 8.95. The maximum absolute atomic E-state index is 4.28. The first-order valence-corrected chi connectivity index (χ1v) is 8.95. The standard InChI is InChI=1S/C18H28N6/c1-5-6-9-24-18(19-20-21-24)23-11-10-22(13-16(23)4)17-12-14(2)7-8-15(17)3/h7-8,12,16H,5-6,9-11,13H2,1-4H3. The molecule has 1 aliphatic rings. The van der Waals surface area contributed by atoms with E-state index >= 15 is 0 Å². The zero-order chi connectivity index (χ0) is 17.1. The highest BCUT2D eigenvalue weighted by Gasteiger charge is 2.28. The molecule has 2 aromatic rings. The maximum Gasteiger partial charge on any atom is 0.245 e. The zero-order valence-electron chi connectivity index (χ0n) is 15.2. The molecule has 1 aliphatic heterocycles. The quantitative estimate of drug-likeness (QED) is 0.845. The van der Waals surface area contributed by atoms with Gasteiger partial charge < -0.3 is 9.80 Å². The molecule has 1 saturated heterocycles. The molecule has 0 radical (unpaired) electrons. The number of piperazine rings is 1. The van der Waals surface area contributed by atoms with Crippen LogP contribution in [0.5, 0.6) is 0 Å². The first-order chi connectivity index (χ1) is 11.6. The lowest BCUT2D eigenvalue weighted by Crippen LogP contribution is -2.53. The summed E-state index contributed by atoms with van der Waals surface area (Å²) < 4.78 is 1.95. The molecule has 1 unspecified atom stereocenters. The molecule has 0 bridgehead atoms. The van der Waals surface area contributed by atoms with E-state index in [4.69, 9.17) is 0 Å². The Morgan fingerprint density at radius 2 is 2.04 bits per heavy atom. The molecule has 1 aromatic carbocycles. The second-order valence-corrected chi connectivity index (χ2v) is 6.83. The largest absolute Gasteiger partial charge is 0.367 e. The van der Waals surface area contributed by atoms with Crippen molar-refractivity contribution in [1.29, 1.82) is 0 Å². The van der Waals surface area contributed by atoms with Crippen LogP contribution in [0.25, 0.3) is 0 Å². The Labute approximate surface area is 144 Å². The van der Waals surface area contributed by atoms with Gasteiger partial charge in [0.15, 0.2) is 0 Å². The van der Waals surface area contributed by atoms with E-state index in [1.54, 1.807) is 0 Å². The Balaban J connectivity index is 1.74. The molecular formula is C18H28N6. The molecule has 0 aliphatic carbocycles. The number of hydrogen-bond donors (Lipinski definition) is 0. The van der Waals surface area contributed by atoms with E-state index in [0.29, 0.717) is 6.04 Å². The Hall–Kier alpha value is -2.11. The van der Waals surface area contributed by atoms with Gasteiger partial charge in [-0.2, -0.15) is 0 Å². The fraction of sp³-hybridized carbons (Fsp3) is 0.611. The van der Waals surface area contributed by atoms with Crippen molar-refractivity contribution in [1.82, 2.24) is 20.2 Å². The third-order valence-corrected chi connectivity index (χ3v) is 4.83. The van der Waals surface area contributed by atoms with E-state index in [9.17, 15) is 0 Å². The number of aryl methyl sites for hydroxylation is 3. The summed E-state index contributed by atoms with van der Waals surface area (Å²) in [5, 5.41) is 12.3. The molecular weight excluding hydrogens is 300 g/mol. The molecule has 0 spiro atoms. The number of unbranched alkanes of at least 4 members (excludes halogenated alkanes) is 1. The number of rotatable bonds is 5. The minimum Gasteiger partial charge on any atom is -0.367 e. The van der Waals surface area contributed by atoms with E-state index < -0.39 is 0 Å². The van der Waals surface area contributed by atoms with Gasteiger partial charge in [-0.1, -0.05) is 30.6 Å². The van der Waals surface area contributed by atoms with Crippen molar-refractivity contribution in [2.45, 2.75) is 53.1 Å². The maximum atomic E-state index is 4.28. The van der Waals surface area contributed by atoms with Crippen molar-refractivity contribution in [3.8, 4) is 0 Å². The SMILES string of the molecule is CCCCn1nnnc1N1CCN(c2cc(C)ccc2C)CC1C. The van der Waals surface area contributed by atoms with Crippen LogP contribution in [-0.4, -0.2) is 45.9 Å². The van der Waals surface area contributed by atoms with Gasteiger partial charge in [-0.25, -0.2) is 4.68 Å². The van der Waals surface area contributed by atoms with E-state index in [1.807, 2.05) is 4.68 Å². The molecule has 6 nitrogen and oxygen atoms in total. The van der Waals surface area contributed by atoms with E-state index in [-0.39, 0.29) is 0 Å². The van der Waals surface area contributed by atoms with Crippen molar-refractivity contribution in [3.05, 3.63) is 29.3 Å². The molecule has 0 amide bonds. The lowest BCUT2D eigenvalue weighted by Gasteiger charge is -2.41. The van der Waals surface area contributed by atoms with Crippen LogP contribution >= 0.6 is 0 Å². The molecule has 3 rings (SSSR count). The molecule has 0 N–H and O–H groups in total. The summed E-state index contributed by atoms with van der Waals surface area (Å²) in [5.74, 6) is 0.913. The van der Waals surface area contributed by atoms with Gasteiger partial charge in [0.1, 0.15) is 0 Å². The minimum atomic E-state index is 0.380. The van der Waals surface area contributed by atoms with Gasteiger partial charge in [0.25, 0.3) is 0 Å². The summed E-state index contributed by atoms with van der Waals surface area (Å²) >= 11 is 0. The molecule has 1 fully saturated rings. The van der Waals surface area contributed by atoms with E-state index in [0.717, 1.165) is 45.0 Å².